The lowest BCUT2D eigenvalue weighted by molar-refractivity contribution is 0.0169. The number of amides is 1. The van der Waals surface area contributed by atoms with Crippen LogP contribution < -0.4 is 5.32 Å². The summed E-state index contributed by atoms with van der Waals surface area (Å²) in [5.41, 5.74) is 2.33. The van der Waals surface area contributed by atoms with Crippen LogP contribution in [-0.4, -0.2) is 22.5 Å². The van der Waals surface area contributed by atoms with E-state index in [0.717, 1.165) is 27.9 Å². The molecule has 3 aromatic rings. The van der Waals surface area contributed by atoms with Crippen molar-refractivity contribution in [2.45, 2.75) is 18.4 Å². The minimum Gasteiger partial charge on any atom is -0.382 e. The van der Waals surface area contributed by atoms with Crippen LogP contribution in [0.5, 0.6) is 0 Å². The Morgan fingerprint density at radius 3 is 2.96 bits per heavy atom. The van der Waals surface area contributed by atoms with Crippen molar-refractivity contribution in [1.29, 1.82) is 0 Å². The van der Waals surface area contributed by atoms with Crippen molar-refractivity contribution < 1.29 is 9.90 Å². The van der Waals surface area contributed by atoms with E-state index in [1.165, 1.54) is 11.3 Å². The molecule has 23 heavy (non-hydrogen) atoms. The summed E-state index contributed by atoms with van der Waals surface area (Å²) in [7, 11) is 0. The first-order valence-corrected chi connectivity index (χ1v) is 9.30. The van der Waals surface area contributed by atoms with E-state index in [0.29, 0.717) is 5.56 Å². The zero-order chi connectivity index (χ0) is 15.9. The molecule has 0 unspecified atom stereocenters. The van der Waals surface area contributed by atoms with E-state index < -0.39 is 5.60 Å². The molecule has 2 aromatic heterocycles. The maximum absolute atomic E-state index is 12.4. The monoisotopic (exact) mass is 344 g/mol. The fourth-order valence-corrected chi connectivity index (χ4v) is 4.45. The molecule has 0 radical (unpaired) electrons. The van der Waals surface area contributed by atoms with Gasteiger partial charge in [0, 0.05) is 10.4 Å². The first-order valence-electron chi connectivity index (χ1n) is 7.54. The molecular formula is C17H16N2O2S2. The molecule has 1 aliphatic rings. The Bertz CT molecular complexity index is 839. The topological polar surface area (TPSA) is 62.2 Å². The second kappa shape index (κ2) is 5.70. The molecule has 1 fully saturated rings. The Morgan fingerprint density at radius 2 is 2.22 bits per heavy atom. The number of thiazole rings is 1. The van der Waals surface area contributed by atoms with Crippen molar-refractivity contribution in [2.75, 3.05) is 6.54 Å². The minimum absolute atomic E-state index is 0.157. The van der Waals surface area contributed by atoms with Crippen LogP contribution in [0.15, 0.2) is 41.2 Å². The predicted octanol–water partition coefficient (Wildman–Crippen LogP) is 3.39. The standard InChI is InChI=1S/C17H16N2O2S2/c20-16(11-3-6-13-14(8-11)23-10-19-13)18-9-17(21,12-4-5-12)15-2-1-7-22-15/h1-3,6-8,10,12,21H,4-5,9H2,(H,18,20)/t17-/m0/s1. The van der Waals surface area contributed by atoms with Gasteiger partial charge in [0.25, 0.3) is 5.91 Å². The number of hydrogen-bond donors (Lipinski definition) is 2. The Labute approximate surface area is 141 Å². The molecule has 1 atom stereocenters. The Kier molecular flexibility index (Phi) is 3.67. The molecule has 0 aliphatic heterocycles. The van der Waals surface area contributed by atoms with E-state index in [1.54, 1.807) is 22.9 Å². The van der Waals surface area contributed by atoms with E-state index in [9.17, 15) is 9.90 Å². The zero-order valence-electron chi connectivity index (χ0n) is 12.4. The van der Waals surface area contributed by atoms with Crippen LogP contribution in [0.25, 0.3) is 10.2 Å². The predicted molar refractivity (Wildman–Crippen MR) is 92.9 cm³/mol. The minimum atomic E-state index is -0.946. The number of benzene rings is 1. The molecule has 0 spiro atoms. The van der Waals surface area contributed by atoms with Gasteiger partial charge in [-0.3, -0.25) is 4.79 Å². The van der Waals surface area contributed by atoms with Crippen LogP contribution in [0.4, 0.5) is 0 Å². The molecule has 0 saturated heterocycles. The van der Waals surface area contributed by atoms with Crippen LogP contribution >= 0.6 is 22.7 Å². The number of aliphatic hydroxyl groups is 1. The average molecular weight is 344 g/mol. The third kappa shape index (κ3) is 2.78. The van der Waals surface area contributed by atoms with Gasteiger partial charge < -0.3 is 10.4 Å². The normalized spacial score (nSPS) is 17.1. The summed E-state index contributed by atoms with van der Waals surface area (Å²) in [4.78, 5) is 17.6. The van der Waals surface area contributed by atoms with Crippen molar-refractivity contribution in [3.05, 3.63) is 51.7 Å². The first-order chi connectivity index (χ1) is 11.2. The lowest BCUT2D eigenvalue weighted by Gasteiger charge is -2.27. The van der Waals surface area contributed by atoms with Gasteiger partial charge in [0.15, 0.2) is 0 Å². The molecule has 4 nitrogen and oxygen atoms in total. The summed E-state index contributed by atoms with van der Waals surface area (Å²) < 4.78 is 0.994. The number of nitrogens with zero attached hydrogens (tertiary/aromatic N) is 1. The van der Waals surface area contributed by atoms with Crippen LogP contribution in [0.3, 0.4) is 0 Å². The number of aromatic nitrogens is 1. The number of carbonyl (C=O) groups excluding carboxylic acids is 1. The lowest BCUT2D eigenvalue weighted by Crippen LogP contribution is -2.42. The highest BCUT2D eigenvalue weighted by atomic mass is 32.1. The summed E-state index contributed by atoms with van der Waals surface area (Å²) >= 11 is 3.06. The van der Waals surface area contributed by atoms with E-state index in [2.05, 4.69) is 10.3 Å². The van der Waals surface area contributed by atoms with Crippen molar-refractivity contribution in [1.82, 2.24) is 10.3 Å². The number of hydrogen-bond acceptors (Lipinski definition) is 5. The molecule has 4 rings (SSSR count). The highest BCUT2D eigenvalue weighted by molar-refractivity contribution is 7.16. The molecule has 1 amide bonds. The van der Waals surface area contributed by atoms with E-state index >= 15 is 0 Å². The molecule has 1 saturated carbocycles. The Hall–Kier alpha value is -1.76. The van der Waals surface area contributed by atoms with E-state index in [-0.39, 0.29) is 18.4 Å². The first kappa shape index (κ1) is 14.8. The van der Waals surface area contributed by atoms with Gasteiger partial charge in [-0.05, 0) is 48.4 Å². The zero-order valence-corrected chi connectivity index (χ0v) is 14.0. The van der Waals surface area contributed by atoms with Gasteiger partial charge in [0.1, 0.15) is 5.60 Å². The third-order valence-corrected chi connectivity index (χ3v) is 6.14. The number of rotatable bonds is 5. The van der Waals surface area contributed by atoms with Crippen molar-refractivity contribution in [3.8, 4) is 0 Å². The highest BCUT2D eigenvalue weighted by Gasteiger charge is 2.45. The SMILES string of the molecule is O=C(NC[C@@](O)(c1cccs1)C1CC1)c1ccc2ncsc2c1. The maximum Gasteiger partial charge on any atom is 0.251 e. The van der Waals surface area contributed by atoms with Gasteiger partial charge >= 0.3 is 0 Å². The molecule has 6 heteroatoms. The number of nitrogens with one attached hydrogen (secondary N) is 1. The molecule has 1 aromatic carbocycles. The third-order valence-electron chi connectivity index (χ3n) is 4.31. The summed E-state index contributed by atoms with van der Waals surface area (Å²) in [6.07, 6.45) is 2.02. The molecule has 0 bridgehead atoms. The number of fused-ring (bicyclic) bond motifs is 1. The smallest absolute Gasteiger partial charge is 0.251 e. The van der Waals surface area contributed by atoms with Gasteiger partial charge in [-0.1, -0.05) is 6.07 Å². The Morgan fingerprint density at radius 1 is 1.35 bits per heavy atom. The van der Waals surface area contributed by atoms with Crippen LogP contribution in [0, 0.1) is 5.92 Å². The van der Waals surface area contributed by atoms with Crippen LogP contribution in [-0.2, 0) is 5.60 Å². The summed E-state index contributed by atoms with van der Waals surface area (Å²) in [5.74, 6) is 0.0846. The van der Waals surface area contributed by atoms with Gasteiger partial charge in [-0.15, -0.1) is 22.7 Å². The van der Waals surface area contributed by atoms with Gasteiger partial charge in [-0.25, -0.2) is 4.98 Å². The summed E-state index contributed by atoms with van der Waals surface area (Å²) in [6, 6.07) is 9.36. The van der Waals surface area contributed by atoms with Crippen LogP contribution in [0.1, 0.15) is 28.1 Å². The van der Waals surface area contributed by atoms with Crippen molar-refractivity contribution in [3.63, 3.8) is 0 Å². The number of carbonyl (C=O) groups is 1. The largest absolute Gasteiger partial charge is 0.382 e. The molecule has 2 heterocycles. The van der Waals surface area contributed by atoms with Gasteiger partial charge in [-0.2, -0.15) is 0 Å². The highest BCUT2D eigenvalue weighted by Crippen LogP contribution is 2.46. The molecular weight excluding hydrogens is 328 g/mol. The van der Waals surface area contributed by atoms with E-state index in [4.69, 9.17) is 0 Å². The van der Waals surface area contributed by atoms with Gasteiger partial charge in [0.05, 0.1) is 22.3 Å². The second-order valence-electron chi connectivity index (χ2n) is 5.89. The van der Waals surface area contributed by atoms with E-state index in [1.807, 2.05) is 29.6 Å². The molecule has 1 aliphatic carbocycles. The Balaban J connectivity index is 1.51. The molecule has 118 valence electrons. The summed E-state index contributed by atoms with van der Waals surface area (Å²) in [5, 5.41) is 15.9. The summed E-state index contributed by atoms with van der Waals surface area (Å²) in [6.45, 7) is 0.248. The lowest BCUT2D eigenvalue weighted by atomic mass is 9.95. The second-order valence-corrected chi connectivity index (χ2v) is 7.73. The van der Waals surface area contributed by atoms with Crippen molar-refractivity contribution >= 4 is 38.8 Å². The quantitative estimate of drug-likeness (QED) is 0.746. The fraction of sp³-hybridized carbons (Fsp3) is 0.294. The fourth-order valence-electron chi connectivity index (χ4n) is 2.83. The molecule has 2 N–H and O–H groups in total. The number of thiophene rings is 1. The maximum atomic E-state index is 12.4. The van der Waals surface area contributed by atoms with Crippen LogP contribution in [0.2, 0.25) is 0 Å². The van der Waals surface area contributed by atoms with Gasteiger partial charge in [0.2, 0.25) is 0 Å². The average Bonchev–Trinajstić information content (AvgIpc) is 3.10. The van der Waals surface area contributed by atoms with Crippen molar-refractivity contribution in [2.24, 2.45) is 5.92 Å².